The molecule has 0 radical (unpaired) electrons. The maximum absolute atomic E-state index is 12.1. The van der Waals surface area contributed by atoms with E-state index in [0.717, 1.165) is 19.4 Å². The molecule has 98 valence electrons. The molecule has 0 spiro atoms. The van der Waals surface area contributed by atoms with Gasteiger partial charge in [0.2, 0.25) is 5.91 Å². The fraction of sp³-hybridized carbons (Fsp3) is 0.833. The first-order valence-corrected chi connectivity index (χ1v) is 6.64. The van der Waals surface area contributed by atoms with Crippen LogP contribution in [0, 0.1) is 5.92 Å². The first kappa shape index (κ1) is 14.4. The summed E-state index contributed by atoms with van der Waals surface area (Å²) < 4.78 is 5.47. The number of amides is 1. The topological polar surface area (TPSA) is 55.6 Å². The van der Waals surface area contributed by atoms with Gasteiger partial charge in [0.05, 0.1) is 17.5 Å². The van der Waals surface area contributed by atoms with Crippen LogP contribution in [0.25, 0.3) is 0 Å². The van der Waals surface area contributed by atoms with E-state index >= 15 is 0 Å². The normalized spacial score (nSPS) is 21.2. The quantitative estimate of drug-likeness (QED) is 0.730. The van der Waals surface area contributed by atoms with Crippen LogP contribution in [0.5, 0.6) is 0 Å². The summed E-state index contributed by atoms with van der Waals surface area (Å²) in [6.07, 6.45) is 2.65. The van der Waals surface area contributed by atoms with Crippen molar-refractivity contribution in [3.05, 3.63) is 0 Å². The van der Waals surface area contributed by atoms with Crippen molar-refractivity contribution in [3.8, 4) is 0 Å². The highest BCUT2D eigenvalue weighted by atomic mass is 32.1. The van der Waals surface area contributed by atoms with E-state index in [2.05, 4.69) is 0 Å². The number of nitrogens with zero attached hydrogens (tertiary/aromatic N) is 1. The summed E-state index contributed by atoms with van der Waals surface area (Å²) in [7, 11) is 0. The number of nitrogens with two attached hydrogens (primary N) is 1. The first-order valence-electron chi connectivity index (χ1n) is 6.23. The number of hydrogen-bond acceptors (Lipinski definition) is 3. The molecule has 0 saturated carbocycles. The number of ether oxygens (including phenoxy) is 1. The maximum Gasteiger partial charge on any atom is 0.225 e. The lowest BCUT2D eigenvalue weighted by molar-refractivity contribution is -0.133. The number of hydrogen-bond donors (Lipinski definition) is 1. The zero-order chi connectivity index (χ0) is 12.8. The second-order valence-electron chi connectivity index (χ2n) is 4.57. The molecule has 1 heterocycles. The molecule has 1 saturated heterocycles. The Hall–Kier alpha value is -0.680. The van der Waals surface area contributed by atoms with E-state index in [1.165, 1.54) is 0 Å². The van der Waals surface area contributed by atoms with E-state index in [-0.39, 0.29) is 17.9 Å². The van der Waals surface area contributed by atoms with Crippen molar-refractivity contribution < 1.29 is 9.53 Å². The summed E-state index contributed by atoms with van der Waals surface area (Å²) in [5.41, 5.74) is 5.57. The van der Waals surface area contributed by atoms with E-state index < -0.39 is 0 Å². The Morgan fingerprint density at radius 1 is 1.65 bits per heavy atom. The zero-order valence-electron chi connectivity index (χ0n) is 10.6. The average molecular weight is 258 g/mol. The summed E-state index contributed by atoms with van der Waals surface area (Å²) in [6.45, 7) is 6.01. The van der Waals surface area contributed by atoms with Gasteiger partial charge in [0.1, 0.15) is 0 Å². The molecule has 0 aromatic rings. The van der Waals surface area contributed by atoms with E-state index in [0.29, 0.717) is 24.5 Å². The maximum atomic E-state index is 12.1. The number of carbonyl (C=O) groups is 1. The molecule has 0 aromatic carbocycles. The van der Waals surface area contributed by atoms with Crippen LogP contribution < -0.4 is 5.73 Å². The third-order valence-corrected chi connectivity index (χ3v) is 3.54. The smallest absolute Gasteiger partial charge is 0.225 e. The molecule has 0 aliphatic carbocycles. The molecule has 1 aliphatic heterocycles. The fourth-order valence-electron chi connectivity index (χ4n) is 1.96. The summed E-state index contributed by atoms with van der Waals surface area (Å²) in [4.78, 5) is 14.3. The molecule has 1 fully saturated rings. The standard InChI is InChI=1S/C12H22N2O2S/c1-3-14(8-9(2)12(13)17)11(15)7-10-5-4-6-16-10/h9-10H,3-8H2,1-2H3,(H2,13,17). The predicted molar refractivity (Wildman–Crippen MR) is 71.8 cm³/mol. The third-order valence-electron chi connectivity index (χ3n) is 3.14. The number of rotatable bonds is 6. The zero-order valence-corrected chi connectivity index (χ0v) is 11.5. The molecule has 2 unspecified atom stereocenters. The monoisotopic (exact) mass is 258 g/mol. The van der Waals surface area contributed by atoms with Gasteiger partial charge in [-0.1, -0.05) is 19.1 Å². The lowest BCUT2D eigenvalue weighted by Crippen LogP contribution is -2.39. The van der Waals surface area contributed by atoms with Gasteiger partial charge in [0.25, 0.3) is 0 Å². The number of carbonyl (C=O) groups excluding carboxylic acids is 1. The molecule has 2 atom stereocenters. The van der Waals surface area contributed by atoms with Crippen LogP contribution in [0.3, 0.4) is 0 Å². The van der Waals surface area contributed by atoms with Gasteiger partial charge in [-0.25, -0.2) is 0 Å². The van der Waals surface area contributed by atoms with Crippen molar-refractivity contribution in [2.75, 3.05) is 19.7 Å². The van der Waals surface area contributed by atoms with Gasteiger partial charge >= 0.3 is 0 Å². The van der Waals surface area contributed by atoms with Gasteiger partial charge in [0.15, 0.2) is 0 Å². The van der Waals surface area contributed by atoms with Gasteiger partial charge in [-0.2, -0.15) is 0 Å². The minimum Gasteiger partial charge on any atom is -0.393 e. The third kappa shape index (κ3) is 4.60. The molecular formula is C12H22N2O2S. The minimum absolute atomic E-state index is 0.0680. The lowest BCUT2D eigenvalue weighted by atomic mass is 10.1. The Kier molecular flexibility index (Phi) is 5.85. The molecule has 4 nitrogen and oxygen atoms in total. The van der Waals surface area contributed by atoms with Crippen molar-refractivity contribution in [1.82, 2.24) is 4.90 Å². The first-order chi connectivity index (χ1) is 8.04. The Balaban J connectivity index is 2.42. The van der Waals surface area contributed by atoms with Crippen LogP contribution in [0.15, 0.2) is 0 Å². The van der Waals surface area contributed by atoms with Crippen molar-refractivity contribution in [1.29, 1.82) is 0 Å². The second-order valence-corrected chi connectivity index (χ2v) is 5.05. The predicted octanol–water partition coefficient (Wildman–Crippen LogP) is 1.33. The van der Waals surface area contributed by atoms with Crippen LogP contribution >= 0.6 is 12.2 Å². The lowest BCUT2D eigenvalue weighted by Gasteiger charge is -2.25. The largest absolute Gasteiger partial charge is 0.393 e. The van der Waals surface area contributed by atoms with Gasteiger partial charge in [-0.15, -0.1) is 0 Å². The Morgan fingerprint density at radius 3 is 2.82 bits per heavy atom. The van der Waals surface area contributed by atoms with E-state index in [1.807, 2.05) is 18.7 Å². The van der Waals surface area contributed by atoms with Gasteiger partial charge < -0.3 is 15.4 Å². The van der Waals surface area contributed by atoms with Gasteiger partial charge in [0, 0.05) is 25.6 Å². The SMILES string of the molecule is CCN(CC(C)C(N)=S)C(=O)CC1CCCO1. The highest BCUT2D eigenvalue weighted by Crippen LogP contribution is 2.16. The van der Waals surface area contributed by atoms with Crippen LogP contribution in [-0.4, -0.2) is 41.6 Å². The highest BCUT2D eigenvalue weighted by molar-refractivity contribution is 7.80. The summed E-state index contributed by atoms with van der Waals surface area (Å²) in [6, 6.07) is 0. The van der Waals surface area contributed by atoms with Crippen LogP contribution in [0.1, 0.15) is 33.1 Å². The van der Waals surface area contributed by atoms with Crippen LogP contribution in [0.4, 0.5) is 0 Å². The Morgan fingerprint density at radius 2 is 2.35 bits per heavy atom. The molecule has 5 heteroatoms. The van der Waals surface area contributed by atoms with Crippen LogP contribution in [0.2, 0.25) is 0 Å². The molecule has 2 N–H and O–H groups in total. The number of thiocarbonyl (C=S) groups is 1. The molecule has 1 rings (SSSR count). The summed E-state index contributed by atoms with van der Waals surface area (Å²) in [5, 5.41) is 0. The van der Waals surface area contributed by atoms with E-state index in [1.54, 1.807) is 0 Å². The summed E-state index contributed by atoms with van der Waals surface area (Å²) >= 11 is 4.93. The van der Waals surface area contributed by atoms with Crippen molar-refractivity contribution in [2.24, 2.45) is 11.7 Å². The Bertz CT molecular complexity index is 278. The Labute approximate surface area is 108 Å². The minimum atomic E-state index is 0.0680. The molecule has 0 bridgehead atoms. The molecular weight excluding hydrogens is 236 g/mol. The van der Waals surface area contributed by atoms with Gasteiger partial charge in [-0.05, 0) is 19.8 Å². The van der Waals surface area contributed by atoms with Crippen LogP contribution in [-0.2, 0) is 9.53 Å². The van der Waals surface area contributed by atoms with Crippen molar-refractivity contribution in [2.45, 2.75) is 39.2 Å². The van der Waals surface area contributed by atoms with Crippen molar-refractivity contribution >= 4 is 23.1 Å². The van der Waals surface area contributed by atoms with E-state index in [9.17, 15) is 4.79 Å². The summed E-state index contributed by atoms with van der Waals surface area (Å²) in [5.74, 6) is 0.209. The van der Waals surface area contributed by atoms with Gasteiger partial charge in [-0.3, -0.25) is 4.79 Å². The van der Waals surface area contributed by atoms with E-state index in [4.69, 9.17) is 22.7 Å². The second kappa shape index (κ2) is 6.91. The van der Waals surface area contributed by atoms with Crippen molar-refractivity contribution in [3.63, 3.8) is 0 Å². The molecule has 17 heavy (non-hydrogen) atoms. The average Bonchev–Trinajstić information content (AvgIpc) is 2.77. The molecule has 1 aliphatic rings. The fourth-order valence-corrected chi connectivity index (χ4v) is 2.03. The highest BCUT2D eigenvalue weighted by Gasteiger charge is 2.23. The molecule has 1 amide bonds. The molecule has 0 aromatic heterocycles.